The monoisotopic (exact) mass is 408 g/mol. The van der Waals surface area contributed by atoms with Crippen molar-refractivity contribution < 1.29 is 13.7 Å². The van der Waals surface area contributed by atoms with Crippen molar-refractivity contribution in [3.8, 4) is 11.4 Å². The zero-order valence-electron chi connectivity index (χ0n) is 17.5. The molecular formula is C23H28N4O3. The quantitative estimate of drug-likeness (QED) is 0.628. The summed E-state index contributed by atoms with van der Waals surface area (Å²) in [6.45, 7) is 6.20. The van der Waals surface area contributed by atoms with Gasteiger partial charge in [-0.15, -0.1) is 0 Å². The van der Waals surface area contributed by atoms with E-state index in [9.17, 15) is 4.79 Å². The second-order valence-corrected chi connectivity index (χ2v) is 8.08. The van der Waals surface area contributed by atoms with Crippen LogP contribution in [0.1, 0.15) is 62.0 Å². The fourth-order valence-corrected chi connectivity index (χ4v) is 3.76. The maximum Gasteiger partial charge on any atom is 0.287 e. The van der Waals surface area contributed by atoms with Crippen LogP contribution in [0.15, 0.2) is 51.6 Å². The molecule has 0 saturated carbocycles. The number of carbonyl (C=O) groups is 1. The van der Waals surface area contributed by atoms with Crippen LogP contribution in [0, 0.1) is 5.92 Å². The molecule has 1 saturated heterocycles. The number of nitrogens with one attached hydrogen (secondary N) is 1. The number of amides is 1. The van der Waals surface area contributed by atoms with Crippen molar-refractivity contribution in [2.75, 3.05) is 18.0 Å². The number of furan rings is 1. The summed E-state index contributed by atoms with van der Waals surface area (Å²) in [7, 11) is 0. The van der Waals surface area contributed by atoms with Gasteiger partial charge in [-0.05, 0) is 55.2 Å². The van der Waals surface area contributed by atoms with Gasteiger partial charge in [0.15, 0.2) is 5.76 Å². The number of hydrogen-bond acceptors (Lipinski definition) is 6. The van der Waals surface area contributed by atoms with E-state index in [4.69, 9.17) is 8.94 Å². The fraction of sp³-hybridized carbons (Fsp3) is 0.435. The summed E-state index contributed by atoms with van der Waals surface area (Å²) in [6, 6.07) is 11.2. The summed E-state index contributed by atoms with van der Waals surface area (Å²) in [6.07, 6.45) is 6.59. The summed E-state index contributed by atoms with van der Waals surface area (Å²) >= 11 is 0. The van der Waals surface area contributed by atoms with Crippen molar-refractivity contribution in [2.24, 2.45) is 5.92 Å². The number of benzene rings is 1. The molecule has 3 aromatic rings. The third-order valence-corrected chi connectivity index (χ3v) is 5.50. The van der Waals surface area contributed by atoms with Crippen molar-refractivity contribution in [2.45, 2.75) is 45.6 Å². The molecule has 0 radical (unpaired) electrons. The first-order chi connectivity index (χ1) is 14.6. The molecule has 0 aliphatic carbocycles. The molecule has 1 N–H and O–H groups in total. The van der Waals surface area contributed by atoms with Gasteiger partial charge in [-0.25, -0.2) is 0 Å². The van der Waals surface area contributed by atoms with E-state index in [1.807, 2.05) is 26.0 Å². The minimum Gasteiger partial charge on any atom is -0.459 e. The van der Waals surface area contributed by atoms with Crippen LogP contribution in [-0.2, 0) is 0 Å². The molecule has 3 heterocycles. The second-order valence-electron chi connectivity index (χ2n) is 8.08. The van der Waals surface area contributed by atoms with Gasteiger partial charge in [0.05, 0.1) is 6.26 Å². The number of carbonyl (C=O) groups excluding carboxylic acids is 1. The molecule has 1 aliphatic heterocycles. The van der Waals surface area contributed by atoms with E-state index >= 15 is 0 Å². The van der Waals surface area contributed by atoms with Crippen molar-refractivity contribution in [1.29, 1.82) is 0 Å². The van der Waals surface area contributed by atoms with E-state index in [0.717, 1.165) is 18.7 Å². The van der Waals surface area contributed by atoms with E-state index in [1.54, 1.807) is 12.1 Å². The van der Waals surface area contributed by atoms with Crippen LogP contribution in [-0.4, -0.2) is 29.1 Å². The van der Waals surface area contributed by atoms with Crippen LogP contribution in [0.5, 0.6) is 0 Å². The van der Waals surface area contributed by atoms with Crippen molar-refractivity contribution >= 4 is 11.6 Å². The highest BCUT2D eigenvalue weighted by Crippen LogP contribution is 2.26. The predicted molar refractivity (Wildman–Crippen MR) is 114 cm³/mol. The fourth-order valence-electron chi connectivity index (χ4n) is 3.76. The van der Waals surface area contributed by atoms with Gasteiger partial charge in [0.2, 0.25) is 11.7 Å². The molecule has 0 unspecified atom stereocenters. The van der Waals surface area contributed by atoms with E-state index in [2.05, 4.69) is 32.5 Å². The molecule has 1 atom stereocenters. The summed E-state index contributed by atoms with van der Waals surface area (Å²) < 4.78 is 10.7. The Morgan fingerprint density at radius 3 is 2.43 bits per heavy atom. The molecule has 7 heteroatoms. The molecule has 158 valence electrons. The lowest BCUT2D eigenvalue weighted by molar-refractivity contribution is 0.0885. The first kappa shape index (κ1) is 20.2. The largest absolute Gasteiger partial charge is 0.459 e. The average Bonchev–Trinajstić information content (AvgIpc) is 3.39. The standard InChI is InChI=1S/C23H28N4O3/c1-16(2)20(24-22(28)19-8-7-15-29-19)23-25-21(26-30-23)17-9-11-18(12-10-17)27-13-5-3-4-6-14-27/h7-12,15-16,20H,3-6,13-14H2,1-2H3,(H,24,28)/t20-/m1/s1. The van der Waals surface area contributed by atoms with Crippen LogP contribution >= 0.6 is 0 Å². The van der Waals surface area contributed by atoms with Gasteiger partial charge >= 0.3 is 0 Å². The maximum atomic E-state index is 12.4. The normalized spacial score (nSPS) is 15.8. The highest BCUT2D eigenvalue weighted by Gasteiger charge is 2.26. The Kier molecular flexibility index (Phi) is 6.16. The lowest BCUT2D eigenvalue weighted by Gasteiger charge is -2.22. The van der Waals surface area contributed by atoms with Gasteiger partial charge in [0.1, 0.15) is 6.04 Å². The number of nitrogens with zero attached hydrogens (tertiary/aromatic N) is 3. The molecule has 30 heavy (non-hydrogen) atoms. The Labute approximate surface area is 176 Å². The molecule has 7 nitrogen and oxygen atoms in total. The minimum absolute atomic E-state index is 0.0719. The Bertz CT molecular complexity index is 939. The summed E-state index contributed by atoms with van der Waals surface area (Å²) in [4.78, 5) is 19.4. The molecule has 2 aromatic heterocycles. The minimum atomic E-state index is -0.403. The van der Waals surface area contributed by atoms with Gasteiger partial charge in [0.25, 0.3) is 5.91 Å². The molecule has 0 spiro atoms. The zero-order valence-corrected chi connectivity index (χ0v) is 17.5. The Morgan fingerprint density at radius 2 is 1.80 bits per heavy atom. The summed E-state index contributed by atoms with van der Waals surface area (Å²) in [5.74, 6) is 0.925. The smallest absolute Gasteiger partial charge is 0.287 e. The highest BCUT2D eigenvalue weighted by molar-refractivity contribution is 5.91. The number of anilines is 1. The van der Waals surface area contributed by atoms with Crippen LogP contribution in [0.2, 0.25) is 0 Å². The van der Waals surface area contributed by atoms with Crippen LogP contribution in [0.3, 0.4) is 0 Å². The Balaban J connectivity index is 1.48. The zero-order chi connectivity index (χ0) is 20.9. The second kappa shape index (κ2) is 9.15. The average molecular weight is 409 g/mol. The SMILES string of the molecule is CC(C)[C@@H](NC(=O)c1ccco1)c1nc(-c2ccc(N3CCCCCC3)cc2)no1. The predicted octanol–water partition coefficient (Wildman–Crippen LogP) is 4.84. The van der Waals surface area contributed by atoms with Crippen molar-refractivity contribution in [1.82, 2.24) is 15.5 Å². The molecule has 1 aliphatic rings. The first-order valence-corrected chi connectivity index (χ1v) is 10.6. The maximum absolute atomic E-state index is 12.4. The lowest BCUT2D eigenvalue weighted by Crippen LogP contribution is -2.31. The first-order valence-electron chi connectivity index (χ1n) is 10.6. The van der Waals surface area contributed by atoms with Crippen LogP contribution in [0.4, 0.5) is 5.69 Å². The molecule has 1 aromatic carbocycles. The number of rotatable bonds is 6. The van der Waals surface area contributed by atoms with Gasteiger partial charge in [-0.2, -0.15) is 4.98 Å². The van der Waals surface area contributed by atoms with Gasteiger partial charge in [0, 0.05) is 24.3 Å². The number of hydrogen-bond donors (Lipinski definition) is 1. The molecular weight excluding hydrogens is 380 g/mol. The Morgan fingerprint density at radius 1 is 1.07 bits per heavy atom. The third kappa shape index (κ3) is 4.56. The number of aromatic nitrogens is 2. The lowest BCUT2D eigenvalue weighted by atomic mass is 10.0. The molecule has 0 bridgehead atoms. The summed E-state index contributed by atoms with van der Waals surface area (Å²) in [5.41, 5.74) is 2.12. The van der Waals surface area contributed by atoms with Crippen molar-refractivity contribution in [3.05, 3.63) is 54.3 Å². The van der Waals surface area contributed by atoms with Gasteiger partial charge in [-0.3, -0.25) is 4.79 Å². The van der Waals surface area contributed by atoms with Crippen LogP contribution in [0.25, 0.3) is 11.4 Å². The topological polar surface area (TPSA) is 84.4 Å². The van der Waals surface area contributed by atoms with E-state index in [-0.39, 0.29) is 17.6 Å². The van der Waals surface area contributed by atoms with Gasteiger partial charge in [-0.1, -0.05) is 31.8 Å². The Hall–Kier alpha value is -3.09. The molecule has 1 fully saturated rings. The van der Waals surface area contributed by atoms with Crippen molar-refractivity contribution in [3.63, 3.8) is 0 Å². The highest BCUT2D eigenvalue weighted by atomic mass is 16.5. The van der Waals surface area contributed by atoms with Crippen LogP contribution < -0.4 is 10.2 Å². The third-order valence-electron chi connectivity index (χ3n) is 5.50. The van der Waals surface area contributed by atoms with E-state index in [0.29, 0.717) is 11.7 Å². The van der Waals surface area contributed by atoms with E-state index < -0.39 is 6.04 Å². The van der Waals surface area contributed by atoms with E-state index in [1.165, 1.54) is 37.6 Å². The molecule has 1 amide bonds. The molecule has 4 rings (SSSR count). The van der Waals surface area contributed by atoms with Gasteiger partial charge < -0.3 is 19.2 Å². The summed E-state index contributed by atoms with van der Waals surface area (Å²) in [5, 5.41) is 7.06.